The Morgan fingerprint density at radius 1 is 0.579 bits per heavy atom. The minimum atomic E-state index is -5.36. The van der Waals surface area contributed by atoms with Crippen LogP contribution in [0.25, 0.3) is 0 Å². The van der Waals surface area contributed by atoms with E-state index >= 15 is 0 Å². The van der Waals surface area contributed by atoms with Gasteiger partial charge in [0.15, 0.2) is 0 Å². The maximum Gasteiger partial charge on any atom is 0.394 e. The van der Waals surface area contributed by atoms with Gasteiger partial charge in [-0.1, -0.05) is 0 Å². The van der Waals surface area contributed by atoms with Gasteiger partial charge in [0.1, 0.15) is 6.42 Å². The fraction of sp³-hybridized carbons (Fsp3) is 1.00. The Kier molecular flexibility index (Phi) is 5.56. The van der Waals surface area contributed by atoms with E-state index in [1.165, 1.54) is 0 Å². The average Bonchev–Trinajstić information content (AvgIpc) is 1.90. The predicted octanol–water partition coefficient (Wildman–Crippen LogP) is 3.97. The van der Waals surface area contributed by atoms with Crippen LogP contribution in [0.2, 0.25) is 0 Å². The number of halogens is 9. The molecule has 0 saturated carbocycles. The molecule has 0 amide bonds. The quantitative estimate of drug-likeness (QED) is 0.708. The number of alkyl halides is 9. The van der Waals surface area contributed by atoms with Gasteiger partial charge in [0.2, 0.25) is 0 Å². The molecule has 0 aromatic carbocycles. The Morgan fingerprint density at radius 2 is 0.947 bits per heavy atom. The molecule has 0 aliphatic heterocycles. The molecule has 1 nitrogen and oxygen atoms in total. The molecule has 0 spiro atoms. The summed E-state index contributed by atoms with van der Waals surface area (Å²) in [6, 6.07) is 0. The van der Waals surface area contributed by atoms with Crippen molar-refractivity contribution in [1.82, 2.24) is 0 Å². The standard InChI is InChI=1S/C9H12F9N/c10-6(11,1-2-19)3-7(12,13)4-8(14,15)5-9(16,17)18/h1-5,19H2. The van der Waals surface area contributed by atoms with Crippen LogP contribution in [0.4, 0.5) is 39.5 Å². The summed E-state index contributed by atoms with van der Waals surface area (Å²) in [6.07, 6.45) is -14.1. The Hall–Kier alpha value is -0.670. The first kappa shape index (κ1) is 18.3. The molecular weight excluding hydrogens is 293 g/mol. The van der Waals surface area contributed by atoms with Gasteiger partial charge in [-0.05, 0) is 6.54 Å². The lowest BCUT2D eigenvalue weighted by atomic mass is 9.99. The van der Waals surface area contributed by atoms with Gasteiger partial charge in [-0.3, -0.25) is 0 Å². The lowest BCUT2D eigenvalue weighted by molar-refractivity contribution is -0.213. The smallest absolute Gasteiger partial charge is 0.330 e. The van der Waals surface area contributed by atoms with E-state index < -0.39 is 56.2 Å². The first-order valence-corrected chi connectivity index (χ1v) is 5.08. The normalized spacial score (nSPS) is 14.8. The van der Waals surface area contributed by atoms with E-state index in [2.05, 4.69) is 0 Å². The minimum absolute atomic E-state index is 0.651. The molecule has 0 radical (unpaired) electrons. The summed E-state index contributed by atoms with van der Waals surface area (Å²) in [4.78, 5) is 0. The molecule has 0 aromatic rings. The lowest BCUT2D eigenvalue weighted by Gasteiger charge is -2.27. The van der Waals surface area contributed by atoms with Gasteiger partial charge in [0, 0.05) is 6.42 Å². The highest BCUT2D eigenvalue weighted by atomic mass is 19.4. The molecule has 0 saturated heterocycles. The molecule has 0 unspecified atom stereocenters. The Labute approximate surface area is 102 Å². The summed E-state index contributed by atoms with van der Waals surface area (Å²) in [5, 5.41) is 0. The van der Waals surface area contributed by atoms with Crippen molar-refractivity contribution in [3.8, 4) is 0 Å². The van der Waals surface area contributed by atoms with Gasteiger partial charge < -0.3 is 5.73 Å². The number of rotatable bonds is 7. The fourth-order valence-electron chi connectivity index (χ4n) is 1.47. The first-order chi connectivity index (χ1) is 8.18. The van der Waals surface area contributed by atoms with Crippen LogP contribution in [0.5, 0.6) is 0 Å². The van der Waals surface area contributed by atoms with Gasteiger partial charge in [0.05, 0.1) is 12.8 Å². The molecular formula is C9H12F9N. The van der Waals surface area contributed by atoms with Crippen LogP contribution < -0.4 is 5.73 Å². The molecule has 116 valence electrons. The van der Waals surface area contributed by atoms with Crippen LogP contribution in [-0.2, 0) is 0 Å². The first-order valence-electron chi connectivity index (χ1n) is 5.08. The average molecular weight is 305 g/mol. The molecule has 0 atom stereocenters. The third kappa shape index (κ3) is 8.95. The largest absolute Gasteiger partial charge is 0.394 e. The summed E-state index contributed by atoms with van der Waals surface area (Å²) < 4.78 is 112. The molecule has 0 bridgehead atoms. The second-order valence-corrected chi connectivity index (χ2v) is 4.25. The number of nitrogens with two attached hydrogens (primary N) is 1. The maximum atomic E-state index is 12.9. The van der Waals surface area contributed by atoms with Gasteiger partial charge in [-0.2, -0.15) is 13.2 Å². The Morgan fingerprint density at radius 3 is 1.32 bits per heavy atom. The molecule has 10 heteroatoms. The van der Waals surface area contributed by atoms with Crippen molar-refractivity contribution in [1.29, 1.82) is 0 Å². The van der Waals surface area contributed by atoms with Gasteiger partial charge >= 0.3 is 6.18 Å². The number of hydrogen-bond donors (Lipinski definition) is 1. The highest BCUT2D eigenvalue weighted by molar-refractivity contribution is 4.84. The molecule has 0 heterocycles. The summed E-state index contributed by atoms with van der Waals surface area (Å²) in [5.74, 6) is -13.4. The highest BCUT2D eigenvalue weighted by Crippen LogP contribution is 2.43. The van der Waals surface area contributed by atoms with Crippen LogP contribution >= 0.6 is 0 Å². The van der Waals surface area contributed by atoms with Gasteiger partial charge in [-0.15, -0.1) is 0 Å². The van der Waals surface area contributed by atoms with E-state index in [1.807, 2.05) is 0 Å². The van der Waals surface area contributed by atoms with E-state index in [-0.39, 0.29) is 0 Å². The third-order valence-electron chi connectivity index (χ3n) is 2.00. The van der Waals surface area contributed by atoms with Crippen molar-refractivity contribution in [3.05, 3.63) is 0 Å². The van der Waals surface area contributed by atoms with Crippen LogP contribution in [0, 0.1) is 0 Å². The molecule has 0 aromatic heterocycles. The summed E-state index contributed by atoms with van der Waals surface area (Å²) in [7, 11) is 0. The zero-order chi connectivity index (χ0) is 15.5. The van der Waals surface area contributed by atoms with Crippen molar-refractivity contribution in [2.45, 2.75) is 49.6 Å². The van der Waals surface area contributed by atoms with Crippen LogP contribution in [0.3, 0.4) is 0 Å². The van der Waals surface area contributed by atoms with E-state index in [1.54, 1.807) is 0 Å². The van der Waals surface area contributed by atoms with E-state index in [0.717, 1.165) is 0 Å². The van der Waals surface area contributed by atoms with Crippen LogP contribution in [0.15, 0.2) is 0 Å². The zero-order valence-corrected chi connectivity index (χ0v) is 9.51. The second-order valence-electron chi connectivity index (χ2n) is 4.25. The van der Waals surface area contributed by atoms with E-state index in [0.29, 0.717) is 0 Å². The molecule has 0 aliphatic carbocycles. The van der Waals surface area contributed by atoms with Crippen molar-refractivity contribution in [2.24, 2.45) is 5.73 Å². The van der Waals surface area contributed by atoms with Gasteiger partial charge in [-0.25, -0.2) is 26.3 Å². The van der Waals surface area contributed by atoms with E-state index in [4.69, 9.17) is 5.73 Å². The molecule has 2 N–H and O–H groups in total. The van der Waals surface area contributed by atoms with E-state index in [9.17, 15) is 39.5 Å². The Bertz CT molecular complexity index is 284. The van der Waals surface area contributed by atoms with Crippen molar-refractivity contribution in [3.63, 3.8) is 0 Å². The molecule has 0 rings (SSSR count). The predicted molar refractivity (Wildman–Crippen MR) is 48.4 cm³/mol. The topological polar surface area (TPSA) is 26.0 Å². The van der Waals surface area contributed by atoms with Crippen molar-refractivity contribution in [2.75, 3.05) is 6.54 Å². The summed E-state index contributed by atoms with van der Waals surface area (Å²) >= 11 is 0. The monoisotopic (exact) mass is 305 g/mol. The zero-order valence-electron chi connectivity index (χ0n) is 9.51. The minimum Gasteiger partial charge on any atom is -0.330 e. The lowest BCUT2D eigenvalue weighted by Crippen LogP contribution is -2.38. The summed E-state index contributed by atoms with van der Waals surface area (Å²) in [5.41, 5.74) is 4.72. The molecule has 19 heavy (non-hydrogen) atoms. The maximum absolute atomic E-state index is 12.9. The van der Waals surface area contributed by atoms with Crippen molar-refractivity contribution < 1.29 is 39.5 Å². The molecule has 0 fully saturated rings. The third-order valence-corrected chi connectivity index (χ3v) is 2.00. The summed E-state index contributed by atoms with van der Waals surface area (Å²) in [6.45, 7) is -0.651. The van der Waals surface area contributed by atoms with Crippen molar-refractivity contribution >= 4 is 0 Å². The SMILES string of the molecule is NCCC(F)(F)CC(F)(F)CC(F)(F)CC(F)(F)F. The molecule has 0 aliphatic rings. The highest BCUT2D eigenvalue weighted by Gasteiger charge is 2.52. The fourth-order valence-corrected chi connectivity index (χ4v) is 1.47. The van der Waals surface area contributed by atoms with Crippen LogP contribution in [-0.4, -0.2) is 30.5 Å². The number of hydrogen-bond acceptors (Lipinski definition) is 1. The van der Waals surface area contributed by atoms with Gasteiger partial charge in [0.25, 0.3) is 17.8 Å². The second kappa shape index (κ2) is 5.76. The van der Waals surface area contributed by atoms with Crippen LogP contribution in [0.1, 0.15) is 25.7 Å². The Balaban J connectivity index is 4.67.